The van der Waals surface area contributed by atoms with E-state index in [-0.39, 0.29) is 12.0 Å². The monoisotopic (exact) mass is 419 g/mol. The molecule has 6 heteroatoms. The highest BCUT2D eigenvalue weighted by Gasteiger charge is 2.49. The molecule has 162 valence electrons. The van der Waals surface area contributed by atoms with Gasteiger partial charge in [0.05, 0.1) is 12.7 Å². The third-order valence-corrected chi connectivity index (χ3v) is 7.28. The molecule has 0 radical (unpaired) electrons. The minimum Gasteiger partial charge on any atom is -0.465 e. The number of carbonyl (C=O) groups excluding carboxylic acids is 2. The van der Waals surface area contributed by atoms with Crippen LogP contribution in [0.4, 0.5) is 5.82 Å². The summed E-state index contributed by atoms with van der Waals surface area (Å²) in [5.74, 6) is 1.75. The van der Waals surface area contributed by atoms with Gasteiger partial charge in [0.1, 0.15) is 5.82 Å². The van der Waals surface area contributed by atoms with E-state index in [2.05, 4.69) is 39.0 Å². The number of pyridine rings is 1. The van der Waals surface area contributed by atoms with Crippen molar-refractivity contribution in [3.05, 3.63) is 59.8 Å². The summed E-state index contributed by atoms with van der Waals surface area (Å²) in [7, 11) is 1.38. The molecule has 3 fully saturated rings. The zero-order valence-electron chi connectivity index (χ0n) is 17.9. The number of esters is 1. The normalized spacial score (nSPS) is 27.6. The number of benzene rings is 1. The van der Waals surface area contributed by atoms with Crippen molar-refractivity contribution in [2.45, 2.75) is 44.2 Å². The number of nitrogens with zero attached hydrogens (tertiary/aromatic N) is 3. The Kier molecular flexibility index (Phi) is 5.38. The Hall–Kier alpha value is -2.89. The Morgan fingerprint density at radius 3 is 2.68 bits per heavy atom. The van der Waals surface area contributed by atoms with Crippen LogP contribution in [0.3, 0.4) is 0 Å². The summed E-state index contributed by atoms with van der Waals surface area (Å²) in [6, 6.07) is 14.8. The molecule has 1 aromatic heterocycles. The molecule has 1 aromatic carbocycles. The predicted molar refractivity (Wildman–Crippen MR) is 118 cm³/mol. The second kappa shape index (κ2) is 8.33. The molecule has 2 bridgehead atoms. The number of rotatable bonds is 4. The van der Waals surface area contributed by atoms with Gasteiger partial charge in [-0.3, -0.25) is 4.79 Å². The van der Waals surface area contributed by atoms with Crippen molar-refractivity contribution in [2.75, 3.05) is 25.1 Å². The number of piperidine rings is 3. The lowest BCUT2D eigenvalue weighted by Gasteiger charge is -2.57. The number of fused-ring (bicyclic) bond motifs is 4. The van der Waals surface area contributed by atoms with Crippen LogP contribution in [0, 0.1) is 11.8 Å². The molecule has 5 rings (SSSR count). The molecule has 0 saturated carbocycles. The summed E-state index contributed by atoms with van der Waals surface area (Å²) in [5, 5.41) is 0. The smallest absolute Gasteiger partial charge is 0.339 e. The highest BCUT2D eigenvalue weighted by atomic mass is 16.5. The van der Waals surface area contributed by atoms with Crippen molar-refractivity contribution in [2.24, 2.45) is 11.8 Å². The molecule has 4 heterocycles. The van der Waals surface area contributed by atoms with Crippen molar-refractivity contribution in [3.8, 4) is 0 Å². The maximum Gasteiger partial charge on any atom is 0.339 e. The first kappa shape index (κ1) is 20.0. The molecule has 2 aromatic rings. The molecule has 0 unspecified atom stereocenters. The van der Waals surface area contributed by atoms with Crippen LogP contribution < -0.4 is 4.90 Å². The SMILES string of the molecule is COC(=O)c1ccc(N2C[C@H]3C[C@@H](C2)[C@H](Cc2ccccc2)N2C(=O)CCC[C@@H]32)nc1. The Labute approximate surface area is 183 Å². The number of amides is 1. The Morgan fingerprint density at radius 1 is 1.13 bits per heavy atom. The first-order valence-corrected chi connectivity index (χ1v) is 11.3. The molecule has 31 heavy (non-hydrogen) atoms. The molecule has 4 atom stereocenters. The number of anilines is 1. The quantitative estimate of drug-likeness (QED) is 0.712. The standard InChI is InChI=1S/C25H29N3O3/c1-31-25(30)18-10-11-23(26-14-18)27-15-19-13-20(16-27)22(12-17-6-3-2-4-7-17)28-21(19)8-5-9-24(28)29/h2-4,6-7,10-11,14,19-22H,5,8-9,12-13,15-16H2,1H3/t19-,20+,21+,22+/m1/s1. The first-order chi connectivity index (χ1) is 15.1. The maximum atomic E-state index is 13.0. The Bertz CT molecular complexity index is 946. The zero-order valence-corrected chi connectivity index (χ0v) is 17.9. The van der Waals surface area contributed by atoms with Crippen LogP contribution in [0.1, 0.15) is 41.6 Å². The summed E-state index contributed by atoms with van der Waals surface area (Å²) in [6.07, 6.45) is 6.44. The van der Waals surface area contributed by atoms with E-state index in [4.69, 9.17) is 4.74 Å². The van der Waals surface area contributed by atoms with Gasteiger partial charge >= 0.3 is 5.97 Å². The third kappa shape index (κ3) is 3.80. The molecule has 3 aliphatic heterocycles. The fourth-order valence-electron chi connectivity index (χ4n) is 5.89. The van der Waals surface area contributed by atoms with Crippen molar-refractivity contribution in [1.82, 2.24) is 9.88 Å². The highest BCUT2D eigenvalue weighted by Crippen LogP contribution is 2.43. The molecule has 0 spiro atoms. The zero-order chi connectivity index (χ0) is 21.4. The van der Waals surface area contributed by atoms with Crippen LogP contribution in [0.5, 0.6) is 0 Å². The Balaban J connectivity index is 1.42. The van der Waals surface area contributed by atoms with E-state index in [1.165, 1.54) is 19.1 Å². The average molecular weight is 420 g/mol. The minimum absolute atomic E-state index is 0.230. The summed E-state index contributed by atoms with van der Waals surface area (Å²) in [5.41, 5.74) is 1.76. The van der Waals surface area contributed by atoms with E-state index >= 15 is 0 Å². The van der Waals surface area contributed by atoms with Gasteiger partial charge in [-0.1, -0.05) is 30.3 Å². The summed E-state index contributed by atoms with van der Waals surface area (Å²) in [4.78, 5) is 33.9. The average Bonchev–Trinajstić information content (AvgIpc) is 2.82. The number of hydrogen-bond donors (Lipinski definition) is 0. The summed E-state index contributed by atoms with van der Waals surface area (Å²) in [6.45, 7) is 1.79. The van der Waals surface area contributed by atoms with E-state index < -0.39 is 0 Å². The molecular formula is C25H29N3O3. The molecule has 0 N–H and O–H groups in total. The van der Waals surface area contributed by atoms with Gasteiger partial charge in [0, 0.05) is 37.8 Å². The van der Waals surface area contributed by atoms with Crippen molar-refractivity contribution in [3.63, 3.8) is 0 Å². The molecule has 3 saturated heterocycles. The van der Waals surface area contributed by atoms with Crippen LogP contribution in [0.25, 0.3) is 0 Å². The van der Waals surface area contributed by atoms with E-state index in [1.54, 1.807) is 12.3 Å². The topological polar surface area (TPSA) is 62.7 Å². The van der Waals surface area contributed by atoms with Gasteiger partial charge in [0.25, 0.3) is 0 Å². The van der Waals surface area contributed by atoms with Crippen LogP contribution in [-0.4, -0.2) is 54.0 Å². The number of aromatic nitrogens is 1. The number of hydrogen-bond acceptors (Lipinski definition) is 5. The van der Waals surface area contributed by atoms with Gasteiger partial charge in [-0.25, -0.2) is 9.78 Å². The lowest BCUT2D eigenvalue weighted by molar-refractivity contribution is -0.148. The van der Waals surface area contributed by atoms with Gasteiger partial charge in [-0.15, -0.1) is 0 Å². The largest absolute Gasteiger partial charge is 0.465 e. The van der Waals surface area contributed by atoms with Crippen LogP contribution in [-0.2, 0) is 16.0 Å². The predicted octanol–water partition coefficient (Wildman–Crippen LogP) is 3.32. The van der Waals surface area contributed by atoms with Crippen molar-refractivity contribution < 1.29 is 14.3 Å². The lowest BCUT2D eigenvalue weighted by Crippen LogP contribution is -2.65. The second-order valence-electron chi connectivity index (χ2n) is 9.08. The fourth-order valence-corrected chi connectivity index (χ4v) is 5.89. The fraction of sp³-hybridized carbons (Fsp3) is 0.480. The Morgan fingerprint density at radius 2 is 1.94 bits per heavy atom. The molecule has 1 amide bonds. The van der Waals surface area contributed by atoms with Crippen LogP contribution >= 0.6 is 0 Å². The molecule has 0 aliphatic carbocycles. The van der Waals surface area contributed by atoms with E-state index in [0.717, 1.165) is 38.2 Å². The van der Waals surface area contributed by atoms with Crippen LogP contribution in [0.2, 0.25) is 0 Å². The number of ether oxygens (including phenoxy) is 1. The summed E-state index contributed by atoms with van der Waals surface area (Å²) < 4.78 is 4.79. The van der Waals surface area contributed by atoms with Crippen LogP contribution in [0.15, 0.2) is 48.7 Å². The van der Waals surface area contributed by atoms with Crippen molar-refractivity contribution >= 4 is 17.7 Å². The van der Waals surface area contributed by atoms with E-state index in [1.807, 2.05) is 12.1 Å². The van der Waals surface area contributed by atoms with Crippen molar-refractivity contribution in [1.29, 1.82) is 0 Å². The van der Waals surface area contributed by atoms with Gasteiger partial charge < -0.3 is 14.5 Å². The molecular weight excluding hydrogens is 390 g/mol. The number of carbonyl (C=O) groups is 2. The highest BCUT2D eigenvalue weighted by molar-refractivity contribution is 5.89. The minimum atomic E-state index is -0.367. The van der Waals surface area contributed by atoms with Gasteiger partial charge in [0.15, 0.2) is 0 Å². The molecule has 6 nitrogen and oxygen atoms in total. The van der Waals surface area contributed by atoms with E-state index in [9.17, 15) is 9.59 Å². The number of methoxy groups -OCH3 is 1. The van der Waals surface area contributed by atoms with E-state index in [0.29, 0.717) is 35.8 Å². The van der Waals surface area contributed by atoms with Gasteiger partial charge in [0.2, 0.25) is 5.91 Å². The lowest BCUT2D eigenvalue weighted by atomic mass is 9.71. The van der Waals surface area contributed by atoms with Gasteiger partial charge in [-0.2, -0.15) is 0 Å². The van der Waals surface area contributed by atoms with Gasteiger partial charge in [-0.05, 0) is 55.2 Å². The molecule has 3 aliphatic rings. The first-order valence-electron chi connectivity index (χ1n) is 11.3. The third-order valence-electron chi connectivity index (χ3n) is 7.28. The maximum absolute atomic E-state index is 13.0. The summed E-state index contributed by atoms with van der Waals surface area (Å²) >= 11 is 0. The second-order valence-corrected chi connectivity index (χ2v) is 9.08.